The highest BCUT2D eigenvalue weighted by Crippen LogP contribution is 2.32. The number of aromatic nitrogens is 4. The number of carbonyl (C=O) groups is 1. The summed E-state index contributed by atoms with van der Waals surface area (Å²) < 4.78 is 16.9. The second-order valence-corrected chi connectivity index (χ2v) is 6.95. The van der Waals surface area contributed by atoms with E-state index in [0.717, 1.165) is 11.2 Å². The van der Waals surface area contributed by atoms with E-state index in [1.54, 1.807) is 12.4 Å². The molecule has 5 rings (SSSR count). The summed E-state index contributed by atoms with van der Waals surface area (Å²) in [5, 5.41) is 4.27. The van der Waals surface area contributed by atoms with Crippen LogP contribution in [0.1, 0.15) is 16.7 Å². The van der Waals surface area contributed by atoms with Crippen LogP contribution in [0.15, 0.2) is 55.1 Å². The molecule has 9 heteroatoms. The third-order valence-corrected chi connectivity index (χ3v) is 5.13. The van der Waals surface area contributed by atoms with E-state index in [2.05, 4.69) is 10.1 Å². The molecule has 0 saturated heterocycles. The van der Waals surface area contributed by atoms with Crippen molar-refractivity contribution in [3.63, 3.8) is 0 Å². The molecule has 0 aliphatic carbocycles. The monoisotopic (exact) mass is 396 g/mol. The summed E-state index contributed by atoms with van der Waals surface area (Å²) in [6.45, 7) is 0.204. The number of nitrogens with zero attached hydrogens (tertiary/aromatic N) is 5. The molecule has 4 heterocycles. The van der Waals surface area contributed by atoms with Crippen LogP contribution in [-0.2, 0) is 0 Å². The predicted molar refractivity (Wildman–Crippen MR) is 103 cm³/mol. The number of rotatable bonds is 2. The number of anilines is 1. The molecule has 140 valence electrons. The lowest BCUT2D eigenvalue weighted by molar-refractivity contribution is 0.0952. The van der Waals surface area contributed by atoms with E-state index in [1.807, 2.05) is 28.9 Å². The highest BCUT2D eigenvalue weighted by Gasteiger charge is 2.34. The van der Waals surface area contributed by atoms with Crippen molar-refractivity contribution in [1.29, 1.82) is 0 Å². The molecule has 28 heavy (non-hydrogen) atoms. The zero-order valence-electron chi connectivity index (χ0n) is 14.5. The summed E-state index contributed by atoms with van der Waals surface area (Å²) in [7, 11) is 0. The molecule has 1 amide bonds. The molecular formula is C19H14ClFN6O. The first-order chi connectivity index (χ1) is 13.5. The number of hydrogen-bond donors (Lipinski definition) is 1. The van der Waals surface area contributed by atoms with Crippen molar-refractivity contribution >= 4 is 28.8 Å². The smallest absolute Gasteiger partial charge is 0.277 e. The minimum Gasteiger partial charge on any atom is -0.308 e. The molecular weight excluding hydrogens is 383 g/mol. The van der Waals surface area contributed by atoms with E-state index in [4.69, 9.17) is 17.3 Å². The molecule has 7 nitrogen and oxygen atoms in total. The summed E-state index contributed by atoms with van der Waals surface area (Å²) in [6.07, 6.45) is 6.50. The Bertz CT molecular complexity index is 1230. The average molecular weight is 397 g/mol. The summed E-state index contributed by atoms with van der Waals surface area (Å²) in [6, 6.07) is 7.91. The van der Waals surface area contributed by atoms with Crippen molar-refractivity contribution in [1.82, 2.24) is 19.2 Å². The van der Waals surface area contributed by atoms with Gasteiger partial charge in [-0.1, -0.05) is 11.6 Å². The molecule has 0 bridgehead atoms. The molecule has 0 radical (unpaired) electrons. The Morgan fingerprint density at radius 1 is 1.25 bits per heavy atom. The van der Waals surface area contributed by atoms with Crippen LogP contribution in [0, 0.1) is 5.82 Å². The number of nitrogens with two attached hydrogens (primary N) is 1. The van der Waals surface area contributed by atoms with E-state index >= 15 is 0 Å². The van der Waals surface area contributed by atoms with Gasteiger partial charge in [-0.05, 0) is 30.3 Å². The van der Waals surface area contributed by atoms with Gasteiger partial charge in [0, 0.05) is 35.4 Å². The predicted octanol–water partition coefficient (Wildman–Crippen LogP) is 3.11. The standard InChI is InChI=1S/C19H14ClFN6O/c20-14-7-12(2-3-15(14)21)26-10-16(22)27-18(19(26)28)13(8-24-27)11-1-4-17-23-5-6-25(17)9-11/h1-9,16H,10,22H2/t16-/m1/s1. The van der Waals surface area contributed by atoms with E-state index in [-0.39, 0.29) is 17.5 Å². The minimum atomic E-state index is -0.543. The lowest BCUT2D eigenvalue weighted by Crippen LogP contribution is -2.46. The Morgan fingerprint density at radius 3 is 2.93 bits per heavy atom. The van der Waals surface area contributed by atoms with Crippen LogP contribution in [0.2, 0.25) is 5.02 Å². The van der Waals surface area contributed by atoms with Crippen LogP contribution in [0.25, 0.3) is 16.8 Å². The van der Waals surface area contributed by atoms with Crippen LogP contribution in [0.3, 0.4) is 0 Å². The maximum Gasteiger partial charge on any atom is 0.277 e. The number of hydrogen-bond acceptors (Lipinski definition) is 4. The molecule has 2 N–H and O–H groups in total. The number of fused-ring (bicyclic) bond motifs is 2. The third kappa shape index (κ3) is 2.49. The summed E-state index contributed by atoms with van der Waals surface area (Å²) in [5.41, 5.74) is 9.38. The fraction of sp³-hybridized carbons (Fsp3) is 0.105. The van der Waals surface area contributed by atoms with Crippen LogP contribution in [0.5, 0.6) is 0 Å². The molecule has 1 aromatic carbocycles. The number of imidazole rings is 1. The summed E-state index contributed by atoms with van der Waals surface area (Å²) >= 11 is 5.90. The van der Waals surface area contributed by atoms with Gasteiger partial charge in [-0.25, -0.2) is 14.1 Å². The van der Waals surface area contributed by atoms with Crippen LogP contribution < -0.4 is 10.6 Å². The molecule has 0 fully saturated rings. The van der Waals surface area contributed by atoms with Gasteiger partial charge in [-0.3, -0.25) is 4.79 Å². The number of benzene rings is 1. The lowest BCUT2D eigenvalue weighted by atomic mass is 10.1. The first kappa shape index (κ1) is 16.9. The zero-order valence-corrected chi connectivity index (χ0v) is 15.2. The van der Waals surface area contributed by atoms with E-state index in [1.165, 1.54) is 27.8 Å². The quantitative estimate of drug-likeness (QED) is 0.564. The van der Waals surface area contributed by atoms with Crippen molar-refractivity contribution < 1.29 is 9.18 Å². The molecule has 1 atom stereocenters. The Balaban J connectivity index is 1.62. The normalized spacial score (nSPS) is 16.6. The van der Waals surface area contributed by atoms with Crippen LogP contribution >= 0.6 is 11.6 Å². The van der Waals surface area contributed by atoms with Crippen molar-refractivity contribution in [2.45, 2.75) is 6.17 Å². The lowest BCUT2D eigenvalue weighted by Gasteiger charge is -2.32. The largest absolute Gasteiger partial charge is 0.308 e. The Hall–Kier alpha value is -3.23. The van der Waals surface area contributed by atoms with E-state index in [9.17, 15) is 9.18 Å². The molecule has 1 aliphatic heterocycles. The molecule has 0 unspecified atom stereocenters. The van der Waals surface area contributed by atoms with Gasteiger partial charge in [0.15, 0.2) is 0 Å². The fourth-order valence-electron chi connectivity index (χ4n) is 3.47. The van der Waals surface area contributed by atoms with Crippen LogP contribution in [-0.4, -0.2) is 31.6 Å². The maximum absolute atomic E-state index is 13.5. The third-order valence-electron chi connectivity index (χ3n) is 4.84. The Labute approximate surface area is 163 Å². The van der Waals surface area contributed by atoms with Gasteiger partial charge < -0.3 is 15.0 Å². The van der Waals surface area contributed by atoms with Crippen molar-refractivity contribution in [3.05, 3.63) is 71.7 Å². The second-order valence-electron chi connectivity index (χ2n) is 6.54. The highest BCUT2D eigenvalue weighted by atomic mass is 35.5. The zero-order chi connectivity index (χ0) is 19.4. The second kappa shape index (κ2) is 6.15. The number of halogens is 2. The van der Waals surface area contributed by atoms with Gasteiger partial charge in [0.05, 0.1) is 17.8 Å². The summed E-state index contributed by atoms with van der Waals surface area (Å²) in [5.74, 6) is -0.818. The highest BCUT2D eigenvalue weighted by molar-refractivity contribution is 6.31. The minimum absolute atomic E-state index is 0.0521. The molecule has 0 saturated carbocycles. The molecule has 4 aromatic rings. The van der Waals surface area contributed by atoms with Crippen molar-refractivity contribution in [2.24, 2.45) is 5.73 Å². The summed E-state index contributed by atoms with van der Waals surface area (Å²) in [4.78, 5) is 19.0. The van der Waals surface area contributed by atoms with Gasteiger partial charge in [-0.15, -0.1) is 0 Å². The van der Waals surface area contributed by atoms with Gasteiger partial charge in [0.1, 0.15) is 23.3 Å². The van der Waals surface area contributed by atoms with Gasteiger partial charge in [-0.2, -0.15) is 5.10 Å². The maximum atomic E-state index is 13.5. The first-order valence-corrected chi connectivity index (χ1v) is 8.94. The number of pyridine rings is 1. The molecule has 3 aromatic heterocycles. The van der Waals surface area contributed by atoms with Gasteiger partial charge in [0.25, 0.3) is 5.91 Å². The average Bonchev–Trinajstić information content (AvgIpc) is 3.33. The Kier molecular flexibility index (Phi) is 3.71. The molecule has 0 spiro atoms. The van der Waals surface area contributed by atoms with Gasteiger partial charge in [0.2, 0.25) is 0 Å². The topological polar surface area (TPSA) is 81.4 Å². The Morgan fingerprint density at radius 2 is 2.11 bits per heavy atom. The first-order valence-electron chi connectivity index (χ1n) is 8.56. The van der Waals surface area contributed by atoms with Crippen molar-refractivity contribution in [2.75, 3.05) is 11.4 Å². The number of carbonyl (C=O) groups excluding carboxylic acids is 1. The van der Waals surface area contributed by atoms with E-state index < -0.39 is 12.0 Å². The number of amides is 1. The fourth-order valence-corrected chi connectivity index (χ4v) is 3.64. The van der Waals surface area contributed by atoms with Crippen molar-refractivity contribution in [3.8, 4) is 11.1 Å². The molecule has 1 aliphatic rings. The van der Waals surface area contributed by atoms with Crippen LogP contribution in [0.4, 0.5) is 10.1 Å². The van der Waals surface area contributed by atoms with E-state index in [0.29, 0.717) is 16.9 Å². The SMILES string of the molecule is N[C@H]1CN(c2ccc(F)c(Cl)c2)C(=O)c2c(-c3ccc4nccn4c3)cnn21. The van der Waals surface area contributed by atoms with Gasteiger partial charge >= 0.3 is 0 Å².